The minimum absolute atomic E-state index is 0.0352. The summed E-state index contributed by atoms with van der Waals surface area (Å²) < 4.78 is 5.89. The van der Waals surface area contributed by atoms with Gasteiger partial charge < -0.3 is 15.4 Å². The average molecular weight is 467 g/mol. The lowest BCUT2D eigenvalue weighted by molar-refractivity contribution is -0.157. The molecule has 2 N–H and O–H groups in total. The molecule has 172 valence electrons. The second kappa shape index (κ2) is 10.7. The van der Waals surface area contributed by atoms with Gasteiger partial charge in [-0.1, -0.05) is 60.2 Å². The fourth-order valence-electron chi connectivity index (χ4n) is 4.28. The molecule has 2 amide bonds. The Kier molecular flexibility index (Phi) is 7.45. The van der Waals surface area contributed by atoms with E-state index in [9.17, 15) is 14.4 Å². The van der Waals surface area contributed by atoms with Crippen molar-refractivity contribution in [3.8, 4) is 0 Å². The molecule has 0 fully saturated rings. The average Bonchev–Trinajstić information content (AvgIpc) is 3.13. The van der Waals surface area contributed by atoms with E-state index in [-0.39, 0.29) is 24.3 Å². The molecule has 0 aromatic heterocycles. The SMILES string of the molecule is O=C(C[C@@H]1CC=CCCC(=O)N[C@@H]2c3ccccc3CC2OC1=O)NCc1ccc(Cl)cc1. The fraction of sp³-hybridized carbons (Fsp3) is 0.346. The van der Waals surface area contributed by atoms with Gasteiger partial charge in [0.25, 0.3) is 0 Å². The third kappa shape index (κ3) is 6.02. The Morgan fingerprint density at radius 3 is 2.70 bits per heavy atom. The van der Waals surface area contributed by atoms with Crippen LogP contribution in [0.1, 0.15) is 48.4 Å². The molecule has 0 saturated carbocycles. The van der Waals surface area contributed by atoms with Crippen molar-refractivity contribution in [1.29, 1.82) is 0 Å². The standard InChI is InChI=1S/C26H27ClN2O4/c27-20-12-10-17(11-13-20)16-28-24(31)15-19-7-2-1-3-9-23(30)29-25-21-8-5-4-6-18(21)14-22(25)33-26(19)32/h1-2,4-6,8,10-13,19,22,25H,3,7,9,14-16H2,(H,28,31)(H,29,30)/t19-,22?,25+/m0/s1. The molecule has 4 rings (SSSR count). The number of hydrogen-bond donors (Lipinski definition) is 2. The molecule has 2 aromatic carbocycles. The van der Waals surface area contributed by atoms with Crippen molar-refractivity contribution < 1.29 is 19.1 Å². The first-order valence-electron chi connectivity index (χ1n) is 11.2. The van der Waals surface area contributed by atoms with Crippen LogP contribution >= 0.6 is 11.6 Å². The van der Waals surface area contributed by atoms with Crippen molar-refractivity contribution in [2.75, 3.05) is 0 Å². The molecule has 33 heavy (non-hydrogen) atoms. The molecule has 3 atom stereocenters. The third-order valence-corrected chi connectivity index (χ3v) is 6.31. The second-order valence-corrected chi connectivity index (χ2v) is 8.91. The number of esters is 1. The largest absolute Gasteiger partial charge is 0.459 e. The lowest BCUT2D eigenvalue weighted by Crippen LogP contribution is -2.38. The number of hydrogen-bond acceptors (Lipinski definition) is 4. The van der Waals surface area contributed by atoms with Crippen LogP contribution in [0.4, 0.5) is 0 Å². The Labute approximate surface area is 198 Å². The van der Waals surface area contributed by atoms with E-state index < -0.39 is 18.0 Å². The van der Waals surface area contributed by atoms with E-state index in [0.29, 0.717) is 37.3 Å². The van der Waals surface area contributed by atoms with Gasteiger partial charge in [-0.15, -0.1) is 0 Å². The van der Waals surface area contributed by atoms with Crippen LogP contribution in [0.15, 0.2) is 60.7 Å². The van der Waals surface area contributed by atoms with Crippen molar-refractivity contribution in [2.45, 2.75) is 50.8 Å². The van der Waals surface area contributed by atoms with Gasteiger partial charge >= 0.3 is 5.97 Å². The first-order chi connectivity index (χ1) is 16.0. The number of rotatable bonds is 4. The number of carbonyl (C=O) groups excluding carboxylic acids is 3. The molecular formula is C26H27ClN2O4. The lowest BCUT2D eigenvalue weighted by Gasteiger charge is -2.25. The summed E-state index contributed by atoms with van der Waals surface area (Å²) in [6.07, 6.45) is 5.16. The van der Waals surface area contributed by atoms with Crippen molar-refractivity contribution in [2.24, 2.45) is 5.92 Å². The Bertz CT molecular complexity index is 1050. The first-order valence-corrected chi connectivity index (χ1v) is 11.6. The fourth-order valence-corrected chi connectivity index (χ4v) is 4.41. The molecule has 0 saturated heterocycles. The third-order valence-electron chi connectivity index (χ3n) is 6.06. The van der Waals surface area contributed by atoms with Gasteiger partial charge in [0, 0.05) is 30.8 Å². The highest BCUT2D eigenvalue weighted by Crippen LogP contribution is 2.34. The van der Waals surface area contributed by atoms with Crippen LogP contribution in [0.3, 0.4) is 0 Å². The van der Waals surface area contributed by atoms with Gasteiger partial charge in [0.05, 0.1) is 12.0 Å². The monoisotopic (exact) mass is 466 g/mol. The summed E-state index contributed by atoms with van der Waals surface area (Å²) in [7, 11) is 0. The smallest absolute Gasteiger partial charge is 0.310 e. The summed E-state index contributed by atoms with van der Waals surface area (Å²) in [5, 5.41) is 6.54. The number of benzene rings is 2. The summed E-state index contributed by atoms with van der Waals surface area (Å²) in [5.41, 5.74) is 2.97. The van der Waals surface area contributed by atoms with E-state index >= 15 is 0 Å². The van der Waals surface area contributed by atoms with Gasteiger partial charge in [-0.2, -0.15) is 0 Å². The molecule has 1 aliphatic heterocycles. The molecule has 1 unspecified atom stereocenters. The summed E-state index contributed by atoms with van der Waals surface area (Å²) in [5.74, 6) is -1.29. The van der Waals surface area contributed by atoms with Crippen LogP contribution in [0.2, 0.25) is 5.02 Å². The van der Waals surface area contributed by atoms with Crippen LogP contribution in [0, 0.1) is 5.92 Å². The van der Waals surface area contributed by atoms with Gasteiger partial charge in [-0.05, 0) is 41.7 Å². The zero-order valence-electron chi connectivity index (χ0n) is 18.3. The lowest BCUT2D eigenvalue weighted by atomic mass is 9.99. The molecule has 0 bridgehead atoms. The number of ether oxygens (including phenoxy) is 1. The van der Waals surface area contributed by atoms with E-state index in [2.05, 4.69) is 10.6 Å². The van der Waals surface area contributed by atoms with E-state index in [1.54, 1.807) is 12.1 Å². The number of amides is 2. The quantitative estimate of drug-likeness (QED) is 0.526. The molecular weight excluding hydrogens is 440 g/mol. The van der Waals surface area contributed by atoms with Gasteiger partial charge in [-0.3, -0.25) is 14.4 Å². The molecule has 2 aliphatic rings. The van der Waals surface area contributed by atoms with Crippen molar-refractivity contribution in [3.63, 3.8) is 0 Å². The van der Waals surface area contributed by atoms with Crippen molar-refractivity contribution in [1.82, 2.24) is 10.6 Å². The summed E-state index contributed by atoms with van der Waals surface area (Å²) in [6.45, 7) is 0.361. The van der Waals surface area contributed by atoms with Crippen LogP contribution in [-0.2, 0) is 32.1 Å². The maximum atomic E-state index is 13.1. The van der Waals surface area contributed by atoms with Crippen LogP contribution < -0.4 is 10.6 Å². The second-order valence-electron chi connectivity index (χ2n) is 8.47. The Balaban J connectivity index is 1.44. The normalized spacial score (nSPS) is 22.8. The van der Waals surface area contributed by atoms with Gasteiger partial charge in [0.1, 0.15) is 6.10 Å². The number of fused-ring (bicyclic) bond motifs is 3. The predicted octanol–water partition coefficient (Wildman–Crippen LogP) is 4.03. The molecule has 1 heterocycles. The Hall–Kier alpha value is -3.12. The number of carbonyl (C=O) groups is 3. The van der Waals surface area contributed by atoms with E-state index in [0.717, 1.165) is 16.7 Å². The van der Waals surface area contributed by atoms with E-state index in [1.807, 2.05) is 48.6 Å². The Morgan fingerprint density at radius 2 is 1.88 bits per heavy atom. The highest BCUT2D eigenvalue weighted by molar-refractivity contribution is 6.30. The van der Waals surface area contributed by atoms with Crippen molar-refractivity contribution >= 4 is 29.4 Å². The summed E-state index contributed by atoms with van der Waals surface area (Å²) in [6, 6.07) is 14.7. The van der Waals surface area contributed by atoms with Gasteiger partial charge in [-0.25, -0.2) is 0 Å². The van der Waals surface area contributed by atoms with Crippen LogP contribution in [0.5, 0.6) is 0 Å². The highest BCUT2D eigenvalue weighted by Gasteiger charge is 2.37. The highest BCUT2D eigenvalue weighted by atomic mass is 35.5. The molecule has 6 nitrogen and oxygen atoms in total. The summed E-state index contributed by atoms with van der Waals surface area (Å²) in [4.78, 5) is 38.1. The zero-order valence-corrected chi connectivity index (χ0v) is 19.0. The van der Waals surface area contributed by atoms with Gasteiger partial charge in [0.2, 0.25) is 11.8 Å². The van der Waals surface area contributed by atoms with E-state index in [1.165, 1.54) is 0 Å². The molecule has 0 radical (unpaired) electrons. The zero-order chi connectivity index (χ0) is 23.2. The maximum absolute atomic E-state index is 13.1. The Morgan fingerprint density at radius 1 is 1.09 bits per heavy atom. The van der Waals surface area contributed by atoms with Gasteiger partial charge in [0.15, 0.2) is 0 Å². The maximum Gasteiger partial charge on any atom is 0.310 e. The minimum atomic E-state index is -0.592. The topological polar surface area (TPSA) is 84.5 Å². The van der Waals surface area contributed by atoms with Crippen molar-refractivity contribution in [3.05, 3.63) is 82.4 Å². The first kappa shape index (κ1) is 23.1. The molecule has 1 aliphatic carbocycles. The number of halogens is 1. The number of nitrogens with one attached hydrogen (secondary N) is 2. The molecule has 0 spiro atoms. The number of allylic oxidation sites excluding steroid dienone is 2. The minimum Gasteiger partial charge on any atom is -0.459 e. The molecule has 7 heteroatoms. The van der Waals surface area contributed by atoms with Crippen LogP contribution in [0.25, 0.3) is 0 Å². The van der Waals surface area contributed by atoms with E-state index in [4.69, 9.17) is 16.3 Å². The summed E-state index contributed by atoms with van der Waals surface area (Å²) >= 11 is 5.90. The van der Waals surface area contributed by atoms with Crippen LogP contribution in [-0.4, -0.2) is 23.9 Å². The predicted molar refractivity (Wildman–Crippen MR) is 125 cm³/mol. The molecule has 2 aromatic rings.